The van der Waals surface area contributed by atoms with Crippen LogP contribution in [0, 0.1) is 0 Å². The lowest BCUT2D eigenvalue weighted by Crippen LogP contribution is -2.38. The Labute approximate surface area is 182 Å². The van der Waals surface area contributed by atoms with E-state index in [9.17, 15) is 4.79 Å². The maximum atomic E-state index is 12.1. The van der Waals surface area contributed by atoms with Crippen molar-refractivity contribution in [3.63, 3.8) is 0 Å². The van der Waals surface area contributed by atoms with Crippen molar-refractivity contribution in [1.82, 2.24) is 10.2 Å². The van der Waals surface area contributed by atoms with E-state index < -0.39 is 0 Å². The van der Waals surface area contributed by atoms with Crippen molar-refractivity contribution in [3.05, 3.63) is 84.4 Å². The first-order valence-electron chi connectivity index (χ1n) is 10.5. The van der Waals surface area contributed by atoms with E-state index in [4.69, 9.17) is 9.47 Å². The molecule has 0 unspecified atom stereocenters. The lowest BCUT2D eigenvalue weighted by atomic mass is 10.1. The highest BCUT2D eigenvalue weighted by Crippen LogP contribution is 2.24. The van der Waals surface area contributed by atoms with Crippen molar-refractivity contribution in [2.24, 2.45) is 0 Å². The van der Waals surface area contributed by atoms with Crippen LogP contribution in [-0.4, -0.2) is 44.0 Å². The lowest BCUT2D eigenvalue weighted by molar-refractivity contribution is 0.00408. The fourth-order valence-electron chi connectivity index (χ4n) is 3.34. The topological polar surface area (TPSA) is 62.8 Å². The standard InChI is InChI=1S/C25H27N3O3/c29-25(26-18-20-4-2-1-3-5-20)27-23-10-6-21(7-11-23)22-8-12-24(13-9-22)31-19-28-14-16-30-17-15-28/h1-13H,14-19H2,(H2,26,27,29). The molecule has 1 heterocycles. The smallest absolute Gasteiger partial charge is 0.319 e. The van der Waals surface area contributed by atoms with Crippen LogP contribution in [0.15, 0.2) is 78.9 Å². The summed E-state index contributed by atoms with van der Waals surface area (Å²) in [6.07, 6.45) is 0. The summed E-state index contributed by atoms with van der Waals surface area (Å²) in [4.78, 5) is 14.3. The highest BCUT2D eigenvalue weighted by Gasteiger charge is 2.10. The normalized spacial score (nSPS) is 14.1. The molecular weight excluding hydrogens is 390 g/mol. The summed E-state index contributed by atoms with van der Waals surface area (Å²) in [5, 5.41) is 5.73. The zero-order chi connectivity index (χ0) is 21.3. The van der Waals surface area contributed by atoms with Crippen molar-refractivity contribution in [3.8, 4) is 16.9 Å². The van der Waals surface area contributed by atoms with E-state index in [0.29, 0.717) is 13.3 Å². The summed E-state index contributed by atoms with van der Waals surface area (Å²) in [7, 11) is 0. The van der Waals surface area contributed by atoms with Gasteiger partial charge in [-0.15, -0.1) is 0 Å². The second-order valence-electron chi connectivity index (χ2n) is 7.40. The summed E-state index contributed by atoms with van der Waals surface area (Å²) < 4.78 is 11.2. The number of rotatable bonds is 7. The molecule has 160 valence electrons. The Bertz CT molecular complexity index is 954. The number of morpholine rings is 1. The number of hydrogen-bond acceptors (Lipinski definition) is 4. The van der Waals surface area contributed by atoms with Gasteiger partial charge in [0.05, 0.1) is 13.2 Å². The minimum absolute atomic E-state index is 0.224. The number of hydrogen-bond donors (Lipinski definition) is 2. The van der Waals surface area contributed by atoms with Crippen molar-refractivity contribution in [2.45, 2.75) is 6.54 Å². The fraction of sp³-hybridized carbons (Fsp3) is 0.240. The molecule has 0 aromatic heterocycles. The van der Waals surface area contributed by atoms with Crippen LogP contribution in [0.2, 0.25) is 0 Å². The number of carbonyl (C=O) groups is 1. The van der Waals surface area contributed by atoms with Gasteiger partial charge in [-0.05, 0) is 41.0 Å². The van der Waals surface area contributed by atoms with E-state index in [1.54, 1.807) is 0 Å². The lowest BCUT2D eigenvalue weighted by Gasteiger charge is -2.26. The van der Waals surface area contributed by atoms with Gasteiger partial charge in [-0.25, -0.2) is 4.79 Å². The van der Waals surface area contributed by atoms with E-state index in [1.807, 2.05) is 78.9 Å². The molecule has 3 aromatic rings. The maximum Gasteiger partial charge on any atom is 0.319 e. The molecule has 3 aromatic carbocycles. The summed E-state index contributed by atoms with van der Waals surface area (Å²) in [6.45, 7) is 4.41. The van der Waals surface area contributed by atoms with E-state index in [2.05, 4.69) is 15.5 Å². The molecule has 2 amide bonds. The Hall–Kier alpha value is -3.35. The molecule has 6 nitrogen and oxygen atoms in total. The van der Waals surface area contributed by atoms with Gasteiger partial charge >= 0.3 is 6.03 Å². The monoisotopic (exact) mass is 417 g/mol. The quantitative estimate of drug-likeness (QED) is 0.600. The Morgan fingerprint density at radius 2 is 1.52 bits per heavy atom. The first-order valence-corrected chi connectivity index (χ1v) is 10.5. The zero-order valence-electron chi connectivity index (χ0n) is 17.4. The molecule has 1 fully saturated rings. The summed E-state index contributed by atoms with van der Waals surface area (Å²) in [5.74, 6) is 0.851. The van der Waals surface area contributed by atoms with Crippen molar-refractivity contribution in [2.75, 3.05) is 38.4 Å². The zero-order valence-corrected chi connectivity index (χ0v) is 17.4. The molecular formula is C25H27N3O3. The van der Waals surface area contributed by atoms with Gasteiger partial charge < -0.3 is 20.1 Å². The van der Waals surface area contributed by atoms with E-state index in [1.165, 1.54) is 0 Å². The number of benzene rings is 3. The van der Waals surface area contributed by atoms with Crippen molar-refractivity contribution < 1.29 is 14.3 Å². The van der Waals surface area contributed by atoms with Crippen LogP contribution < -0.4 is 15.4 Å². The molecule has 0 spiro atoms. The van der Waals surface area contributed by atoms with Crippen molar-refractivity contribution in [1.29, 1.82) is 0 Å². The summed E-state index contributed by atoms with van der Waals surface area (Å²) in [6, 6.07) is 25.5. The molecule has 31 heavy (non-hydrogen) atoms. The molecule has 0 bridgehead atoms. The summed E-state index contributed by atoms with van der Waals surface area (Å²) in [5.41, 5.74) is 3.99. The van der Waals surface area contributed by atoms with Crippen molar-refractivity contribution >= 4 is 11.7 Å². The predicted octanol–water partition coefficient (Wildman–Crippen LogP) is 4.34. The SMILES string of the molecule is O=C(NCc1ccccc1)Nc1ccc(-c2ccc(OCN3CCOCC3)cc2)cc1. The van der Waals surface area contributed by atoms with Gasteiger partial charge in [-0.2, -0.15) is 0 Å². The van der Waals surface area contributed by atoms with Crippen LogP contribution in [0.3, 0.4) is 0 Å². The Balaban J connectivity index is 1.26. The molecule has 1 saturated heterocycles. The van der Waals surface area contributed by atoms with Crippen LogP contribution in [0.1, 0.15) is 5.56 Å². The van der Waals surface area contributed by atoms with Gasteiger partial charge in [0.2, 0.25) is 0 Å². The molecule has 4 rings (SSSR count). The van der Waals surface area contributed by atoms with E-state index in [0.717, 1.165) is 54.4 Å². The number of urea groups is 1. The van der Waals surface area contributed by atoms with Gasteiger partial charge in [0.1, 0.15) is 12.5 Å². The number of nitrogens with one attached hydrogen (secondary N) is 2. The maximum absolute atomic E-state index is 12.1. The summed E-state index contributed by atoms with van der Waals surface area (Å²) >= 11 is 0. The number of nitrogens with zero attached hydrogens (tertiary/aromatic N) is 1. The van der Waals surface area contributed by atoms with Crippen LogP contribution >= 0.6 is 0 Å². The predicted molar refractivity (Wildman–Crippen MR) is 122 cm³/mol. The van der Waals surface area contributed by atoms with Gasteiger partial charge in [0.25, 0.3) is 0 Å². The first-order chi connectivity index (χ1) is 15.3. The number of anilines is 1. The average Bonchev–Trinajstić information content (AvgIpc) is 2.84. The molecule has 1 aliphatic rings. The second-order valence-corrected chi connectivity index (χ2v) is 7.40. The van der Waals surface area contributed by atoms with Crippen LogP contribution in [0.5, 0.6) is 5.75 Å². The van der Waals surface area contributed by atoms with Gasteiger partial charge in [-0.3, -0.25) is 4.90 Å². The Morgan fingerprint density at radius 3 is 2.19 bits per heavy atom. The molecule has 0 aliphatic carbocycles. The number of amides is 2. The van der Waals surface area contributed by atoms with Crippen LogP contribution in [0.25, 0.3) is 11.1 Å². The number of ether oxygens (including phenoxy) is 2. The Morgan fingerprint density at radius 1 is 0.871 bits per heavy atom. The van der Waals surface area contributed by atoms with Gasteiger partial charge in [0, 0.05) is 25.3 Å². The fourth-order valence-corrected chi connectivity index (χ4v) is 3.34. The molecule has 6 heteroatoms. The second kappa shape index (κ2) is 10.6. The number of carbonyl (C=O) groups excluding carboxylic acids is 1. The molecule has 0 atom stereocenters. The molecule has 1 aliphatic heterocycles. The largest absolute Gasteiger partial charge is 0.478 e. The molecule has 2 N–H and O–H groups in total. The third kappa shape index (κ3) is 6.31. The minimum Gasteiger partial charge on any atom is -0.478 e. The first kappa shape index (κ1) is 20.9. The van der Waals surface area contributed by atoms with Crippen LogP contribution in [-0.2, 0) is 11.3 Å². The third-order valence-electron chi connectivity index (χ3n) is 5.14. The molecule has 0 saturated carbocycles. The van der Waals surface area contributed by atoms with Gasteiger partial charge in [-0.1, -0.05) is 54.6 Å². The van der Waals surface area contributed by atoms with E-state index in [-0.39, 0.29) is 6.03 Å². The van der Waals surface area contributed by atoms with E-state index >= 15 is 0 Å². The minimum atomic E-state index is -0.224. The highest BCUT2D eigenvalue weighted by atomic mass is 16.5. The van der Waals surface area contributed by atoms with Gasteiger partial charge in [0.15, 0.2) is 0 Å². The average molecular weight is 418 g/mol. The Kier molecular flexibility index (Phi) is 7.16. The van der Waals surface area contributed by atoms with Crippen LogP contribution in [0.4, 0.5) is 10.5 Å². The highest BCUT2D eigenvalue weighted by molar-refractivity contribution is 5.89. The molecule has 0 radical (unpaired) electrons. The third-order valence-corrected chi connectivity index (χ3v) is 5.14.